The minimum Gasteiger partial charge on any atom is -0.480 e. The van der Waals surface area contributed by atoms with Gasteiger partial charge in [0.05, 0.1) is 12.1 Å². The second-order valence-corrected chi connectivity index (χ2v) is 5.31. The van der Waals surface area contributed by atoms with E-state index in [1.165, 1.54) is 19.9 Å². The zero-order chi connectivity index (χ0) is 18.2. The molecule has 132 valence electrons. The molecule has 0 heterocycles. The molecular formula is C14H25FN4O4. The van der Waals surface area contributed by atoms with E-state index in [0.717, 1.165) is 0 Å². The minimum absolute atomic E-state index is 0.0155. The van der Waals surface area contributed by atoms with Crippen molar-refractivity contribution >= 4 is 17.8 Å². The minimum atomic E-state index is -1.36. The van der Waals surface area contributed by atoms with E-state index in [-0.39, 0.29) is 12.8 Å². The van der Waals surface area contributed by atoms with Crippen molar-refractivity contribution in [3.05, 3.63) is 12.7 Å². The third kappa shape index (κ3) is 7.71. The molecule has 2 unspecified atom stereocenters. The maximum atomic E-state index is 13.5. The quantitative estimate of drug-likeness (QED) is 0.325. The largest absolute Gasteiger partial charge is 0.480 e. The number of carboxylic acid groups (broad SMARTS) is 1. The van der Waals surface area contributed by atoms with Crippen LogP contribution in [0, 0.1) is 0 Å². The van der Waals surface area contributed by atoms with Gasteiger partial charge in [-0.25, -0.2) is 4.39 Å². The van der Waals surface area contributed by atoms with Gasteiger partial charge in [-0.05, 0) is 26.7 Å². The van der Waals surface area contributed by atoms with Crippen molar-refractivity contribution in [1.82, 2.24) is 10.6 Å². The maximum absolute atomic E-state index is 13.5. The first-order chi connectivity index (χ1) is 10.6. The summed E-state index contributed by atoms with van der Waals surface area (Å²) in [4.78, 5) is 34.2. The van der Waals surface area contributed by atoms with Crippen molar-refractivity contribution in [3.8, 4) is 0 Å². The molecule has 23 heavy (non-hydrogen) atoms. The van der Waals surface area contributed by atoms with Gasteiger partial charge in [0.1, 0.15) is 18.3 Å². The van der Waals surface area contributed by atoms with Crippen LogP contribution >= 0.6 is 0 Å². The molecule has 0 aromatic carbocycles. The summed E-state index contributed by atoms with van der Waals surface area (Å²) in [5.74, 6) is -2.48. The van der Waals surface area contributed by atoms with Crippen LogP contribution in [0.25, 0.3) is 0 Å². The maximum Gasteiger partial charge on any atom is 0.325 e. The molecule has 0 spiro atoms. The van der Waals surface area contributed by atoms with Gasteiger partial charge in [0.25, 0.3) is 0 Å². The highest BCUT2D eigenvalue weighted by molar-refractivity contribution is 5.91. The molecule has 0 fully saturated rings. The molecule has 0 aliphatic heterocycles. The Kier molecular flexibility index (Phi) is 9.04. The summed E-state index contributed by atoms with van der Waals surface area (Å²) in [7, 11) is 0. The Morgan fingerprint density at radius 2 is 1.65 bits per heavy atom. The summed E-state index contributed by atoms with van der Waals surface area (Å²) in [6.07, 6.45) is -0.0532. The number of aliphatic carboxylic acids is 1. The molecule has 9 heteroatoms. The van der Waals surface area contributed by atoms with Gasteiger partial charge in [0, 0.05) is 0 Å². The van der Waals surface area contributed by atoms with E-state index in [9.17, 15) is 18.8 Å². The zero-order valence-electron chi connectivity index (χ0n) is 13.3. The van der Waals surface area contributed by atoms with Crippen molar-refractivity contribution in [2.24, 2.45) is 11.5 Å². The number of nitrogens with one attached hydrogen (secondary N) is 2. The number of amides is 2. The van der Waals surface area contributed by atoms with Crippen LogP contribution in [0.1, 0.15) is 26.7 Å². The zero-order valence-corrected chi connectivity index (χ0v) is 13.3. The van der Waals surface area contributed by atoms with Gasteiger partial charge in [-0.15, -0.1) is 6.58 Å². The van der Waals surface area contributed by atoms with Crippen LogP contribution in [0.3, 0.4) is 0 Å². The van der Waals surface area contributed by atoms with Crippen LogP contribution in [0.2, 0.25) is 0 Å². The van der Waals surface area contributed by atoms with E-state index in [1.807, 2.05) is 0 Å². The fourth-order valence-corrected chi connectivity index (χ4v) is 1.60. The number of hydrogen-bond donors (Lipinski definition) is 5. The van der Waals surface area contributed by atoms with E-state index < -0.39 is 48.1 Å². The van der Waals surface area contributed by atoms with E-state index in [4.69, 9.17) is 16.6 Å². The van der Waals surface area contributed by atoms with Crippen LogP contribution in [-0.4, -0.2) is 53.2 Å². The van der Waals surface area contributed by atoms with E-state index in [0.29, 0.717) is 0 Å². The van der Waals surface area contributed by atoms with Crippen LogP contribution < -0.4 is 22.1 Å². The lowest BCUT2D eigenvalue weighted by Gasteiger charge is -2.19. The summed E-state index contributed by atoms with van der Waals surface area (Å²) >= 11 is 0. The van der Waals surface area contributed by atoms with E-state index in [1.54, 1.807) is 0 Å². The number of alkyl halides is 1. The van der Waals surface area contributed by atoms with Gasteiger partial charge >= 0.3 is 5.97 Å². The third-order valence-corrected chi connectivity index (χ3v) is 3.26. The highest BCUT2D eigenvalue weighted by Gasteiger charge is 2.24. The Labute approximate surface area is 134 Å². The number of carbonyl (C=O) groups is 3. The van der Waals surface area contributed by atoms with E-state index in [2.05, 4.69) is 17.2 Å². The molecule has 0 saturated heterocycles. The molecule has 2 amide bonds. The Balaban J connectivity index is 4.32. The molecule has 0 rings (SSSR count). The predicted octanol–water partition coefficient (Wildman–Crippen LogP) is -0.961. The highest BCUT2D eigenvalue weighted by atomic mass is 19.1. The average molecular weight is 332 g/mol. The van der Waals surface area contributed by atoms with Gasteiger partial charge in [-0.3, -0.25) is 14.4 Å². The Hall–Kier alpha value is -2.00. The first-order valence-electron chi connectivity index (χ1n) is 7.21. The second kappa shape index (κ2) is 9.90. The normalized spacial score (nSPS) is 17.3. The number of carbonyl (C=O) groups excluding carboxylic acids is 2. The lowest BCUT2D eigenvalue weighted by Crippen LogP contribution is -2.52. The van der Waals surface area contributed by atoms with Gasteiger partial charge in [0.15, 0.2) is 0 Å². The summed E-state index contributed by atoms with van der Waals surface area (Å²) in [5, 5.41) is 13.3. The molecule has 0 aromatic heterocycles. The number of hydrogen-bond acceptors (Lipinski definition) is 5. The summed E-state index contributed by atoms with van der Waals surface area (Å²) in [6.45, 7) is 6.06. The van der Waals surface area contributed by atoms with Gasteiger partial charge in [0.2, 0.25) is 11.8 Å². The number of nitrogens with two attached hydrogens (primary N) is 2. The molecule has 0 saturated carbocycles. The van der Waals surface area contributed by atoms with Crippen molar-refractivity contribution in [1.29, 1.82) is 0 Å². The van der Waals surface area contributed by atoms with E-state index >= 15 is 0 Å². The molecule has 7 N–H and O–H groups in total. The van der Waals surface area contributed by atoms with Crippen molar-refractivity contribution < 1.29 is 23.9 Å². The highest BCUT2D eigenvalue weighted by Crippen LogP contribution is 2.08. The number of carboxylic acids is 1. The Morgan fingerprint density at radius 1 is 1.13 bits per heavy atom. The predicted molar refractivity (Wildman–Crippen MR) is 83.1 cm³/mol. The smallest absolute Gasteiger partial charge is 0.325 e. The molecule has 0 aromatic rings. The fraction of sp³-hybridized carbons (Fsp3) is 0.643. The lowest BCUT2D eigenvalue weighted by atomic mass is 10.0. The van der Waals surface area contributed by atoms with Gasteiger partial charge in [-0.1, -0.05) is 6.08 Å². The second-order valence-electron chi connectivity index (χ2n) is 5.31. The topological polar surface area (TPSA) is 148 Å². The van der Waals surface area contributed by atoms with Crippen molar-refractivity contribution in [2.45, 2.75) is 57.0 Å². The third-order valence-electron chi connectivity index (χ3n) is 3.26. The first-order valence-corrected chi connectivity index (χ1v) is 7.21. The molecule has 0 aliphatic rings. The fourth-order valence-electron chi connectivity index (χ4n) is 1.60. The molecule has 8 nitrogen and oxygen atoms in total. The van der Waals surface area contributed by atoms with Crippen molar-refractivity contribution in [3.63, 3.8) is 0 Å². The van der Waals surface area contributed by atoms with Crippen LogP contribution in [0.15, 0.2) is 12.7 Å². The number of rotatable bonds is 10. The van der Waals surface area contributed by atoms with Crippen LogP contribution in [0.4, 0.5) is 4.39 Å². The molecule has 0 bridgehead atoms. The molecule has 0 radical (unpaired) electrons. The van der Waals surface area contributed by atoms with Crippen molar-refractivity contribution in [2.75, 3.05) is 0 Å². The Morgan fingerprint density at radius 3 is 2.13 bits per heavy atom. The van der Waals surface area contributed by atoms with Crippen LogP contribution in [-0.2, 0) is 14.4 Å². The first kappa shape index (κ1) is 21.0. The van der Waals surface area contributed by atoms with Gasteiger partial charge in [-0.2, -0.15) is 0 Å². The molecule has 0 aliphatic carbocycles. The SMILES string of the molecule is C=CC(N)C(F)CC[C@H](N)C(=O)N[C@@H](C)C(=O)N[C@@H](C)C(=O)O. The van der Waals surface area contributed by atoms with Crippen LogP contribution in [0.5, 0.6) is 0 Å². The summed E-state index contributed by atoms with van der Waals surface area (Å²) in [5.41, 5.74) is 11.1. The summed E-state index contributed by atoms with van der Waals surface area (Å²) in [6, 6.07) is -3.87. The lowest BCUT2D eigenvalue weighted by molar-refractivity contribution is -0.141. The molecule has 5 atom stereocenters. The number of halogens is 1. The van der Waals surface area contributed by atoms with Gasteiger partial charge < -0.3 is 27.2 Å². The average Bonchev–Trinajstić information content (AvgIpc) is 2.50. The standard InChI is InChI=1S/C14H25FN4O4/c1-4-10(16)9(15)5-6-11(17)13(21)18-7(2)12(20)19-8(3)14(22)23/h4,7-11H,1,5-6,16-17H2,2-3H3,(H,18,21)(H,19,20)(H,22,23)/t7-,8-,9?,10?,11-/m0/s1. The Bertz CT molecular complexity index is 446. The summed E-state index contributed by atoms with van der Waals surface area (Å²) < 4.78 is 13.5. The monoisotopic (exact) mass is 332 g/mol. The molecular weight excluding hydrogens is 307 g/mol.